The lowest BCUT2D eigenvalue weighted by Gasteiger charge is -2.16. The third kappa shape index (κ3) is 5.10. The molecular formula is C17H18BrN3O2. The number of nitrogens with one attached hydrogen (secondary N) is 2. The number of carbonyl (C=O) groups excluding carboxylic acids is 1. The number of hydrogen-bond acceptors (Lipinski definition) is 4. The molecule has 3 N–H and O–H groups in total. The van der Waals surface area contributed by atoms with E-state index < -0.39 is 0 Å². The molecule has 1 atom stereocenters. The SMILES string of the molecule is CC[C@H](Nc1ccccc1)C(=O)N/N=C\c1cc(Br)ccc1O. The molecule has 2 rings (SSSR count). The Morgan fingerprint density at radius 2 is 2.04 bits per heavy atom. The summed E-state index contributed by atoms with van der Waals surface area (Å²) in [5.74, 6) is -0.136. The highest BCUT2D eigenvalue weighted by atomic mass is 79.9. The van der Waals surface area contributed by atoms with Crippen LogP contribution in [-0.4, -0.2) is 23.3 Å². The molecule has 0 aliphatic heterocycles. The van der Waals surface area contributed by atoms with Gasteiger partial charge in [0.25, 0.3) is 5.91 Å². The Bertz CT molecular complexity index is 689. The Morgan fingerprint density at radius 1 is 1.30 bits per heavy atom. The van der Waals surface area contributed by atoms with Crippen LogP contribution in [0.1, 0.15) is 18.9 Å². The van der Waals surface area contributed by atoms with Crippen molar-refractivity contribution < 1.29 is 9.90 Å². The second-order valence-corrected chi connectivity index (χ2v) is 5.82. The van der Waals surface area contributed by atoms with Crippen LogP contribution >= 0.6 is 15.9 Å². The van der Waals surface area contributed by atoms with E-state index >= 15 is 0 Å². The molecule has 0 bridgehead atoms. The molecule has 120 valence electrons. The highest BCUT2D eigenvalue weighted by molar-refractivity contribution is 9.10. The fraction of sp³-hybridized carbons (Fsp3) is 0.176. The number of nitrogens with zero attached hydrogens (tertiary/aromatic N) is 1. The van der Waals surface area contributed by atoms with Gasteiger partial charge in [-0.3, -0.25) is 4.79 Å². The van der Waals surface area contributed by atoms with Gasteiger partial charge in [0.05, 0.1) is 6.21 Å². The predicted octanol–water partition coefficient (Wildman–Crippen LogP) is 3.50. The maximum atomic E-state index is 12.2. The zero-order chi connectivity index (χ0) is 16.7. The Labute approximate surface area is 143 Å². The van der Waals surface area contributed by atoms with Gasteiger partial charge in [-0.25, -0.2) is 5.43 Å². The molecule has 0 spiro atoms. The minimum Gasteiger partial charge on any atom is -0.507 e. The van der Waals surface area contributed by atoms with Gasteiger partial charge in [-0.2, -0.15) is 5.10 Å². The van der Waals surface area contributed by atoms with Gasteiger partial charge in [0, 0.05) is 15.7 Å². The standard InChI is InChI=1S/C17H18BrN3O2/c1-2-15(20-14-6-4-3-5-7-14)17(23)21-19-11-12-10-13(18)8-9-16(12)22/h3-11,15,20,22H,2H2,1H3,(H,21,23)/b19-11-/t15-/m0/s1. The number of para-hydroxylation sites is 1. The number of anilines is 1. The summed E-state index contributed by atoms with van der Waals surface area (Å²) >= 11 is 3.32. The van der Waals surface area contributed by atoms with Gasteiger partial charge in [-0.1, -0.05) is 41.1 Å². The molecular weight excluding hydrogens is 358 g/mol. The summed E-state index contributed by atoms with van der Waals surface area (Å²) < 4.78 is 0.820. The molecule has 1 amide bonds. The topological polar surface area (TPSA) is 73.7 Å². The van der Waals surface area contributed by atoms with Crippen molar-refractivity contribution in [2.75, 3.05) is 5.32 Å². The third-order valence-electron chi connectivity index (χ3n) is 3.21. The summed E-state index contributed by atoms with van der Waals surface area (Å²) in [6, 6.07) is 14.1. The summed E-state index contributed by atoms with van der Waals surface area (Å²) in [5, 5.41) is 16.8. The summed E-state index contributed by atoms with van der Waals surface area (Å²) in [7, 11) is 0. The number of amides is 1. The second-order valence-electron chi connectivity index (χ2n) is 4.91. The van der Waals surface area contributed by atoms with Gasteiger partial charge in [0.2, 0.25) is 0 Å². The van der Waals surface area contributed by atoms with Crippen molar-refractivity contribution in [3.05, 3.63) is 58.6 Å². The molecule has 0 aliphatic carbocycles. The minimum atomic E-state index is -0.384. The first-order chi connectivity index (χ1) is 11.1. The number of phenolic OH excluding ortho intramolecular Hbond substituents is 1. The molecule has 0 radical (unpaired) electrons. The van der Waals surface area contributed by atoms with Gasteiger partial charge in [0.15, 0.2) is 0 Å². The maximum Gasteiger partial charge on any atom is 0.262 e. The van der Waals surface area contributed by atoms with Crippen molar-refractivity contribution >= 4 is 33.7 Å². The Hall–Kier alpha value is -2.34. The first kappa shape index (κ1) is 17.0. The van der Waals surface area contributed by atoms with Crippen molar-refractivity contribution in [1.29, 1.82) is 0 Å². The average Bonchev–Trinajstić information content (AvgIpc) is 2.56. The van der Waals surface area contributed by atoms with Crippen LogP contribution in [0.25, 0.3) is 0 Å². The van der Waals surface area contributed by atoms with Crippen LogP contribution in [0.3, 0.4) is 0 Å². The number of phenols is 1. The van der Waals surface area contributed by atoms with E-state index in [0.717, 1.165) is 10.2 Å². The van der Waals surface area contributed by atoms with Gasteiger partial charge in [0.1, 0.15) is 11.8 Å². The van der Waals surface area contributed by atoms with E-state index in [0.29, 0.717) is 12.0 Å². The van der Waals surface area contributed by atoms with Crippen molar-refractivity contribution in [2.24, 2.45) is 5.10 Å². The molecule has 0 aliphatic rings. The lowest BCUT2D eigenvalue weighted by molar-refractivity contribution is -0.121. The van der Waals surface area contributed by atoms with E-state index in [4.69, 9.17) is 0 Å². The van der Waals surface area contributed by atoms with Gasteiger partial charge in [-0.05, 0) is 36.8 Å². The Kier molecular flexibility index (Phi) is 6.17. The molecule has 0 saturated carbocycles. The monoisotopic (exact) mass is 375 g/mol. The number of hydrogen-bond donors (Lipinski definition) is 3. The first-order valence-electron chi connectivity index (χ1n) is 7.23. The molecule has 23 heavy (non-hydrogen) atoms. The van der Waals surface area contributed by atoms with Crippen LogP contribution in [0.15, 0.2) is 58.1 Å². The third-order valence-corrected chi connectivity index (χ3v) is 3.70. The number of aromatic hydroxyl groups is 1. The van der Waals surface area contributed by atoms with E-state index in [2.05, 4.69) is 31.8 Å². The molecule has 2 aromatic carbocycles. The molecule has 2 aromatic rings. The fourth-order valence-corrected chi connectivity index (χ4v) is 2.34. The minimum absolute atomic E-state index is 0.0978. The van der Waals surface area contributed by atoms with Crippen LogP contribution < -0.4 is 10.7 Å². The predicted molar refractivity (Wildman–Crippen MR) is 95.7 cm³/mol. The van der Waals surface area contributed by atoms with Crippen LogP contribution in [0.4, 0.5) is 5.69 Å². The van der Waals surface area contributed by atoms with Crippen LogP contribution in [0, 0.1) is 0 Å². The van der Waals surface area contributed by atoms with Crippen molar-refractivity contribution in [3.63, 3.8) is 0 Å². The van der Waals surface area contributed by atoms with Gasteiger partial charge >= 0.3 is 0 Å². The average molecular weight is 376 g/mol. The zero-order valence-electron chi connectivity index (χ0n) is 12.7. The van der Waals surface area contributed by atoms with Crippen LogP contribution in [-0.2, 0) is 4.79 Å². The lowest BCUT2D eigenvalue weighted by atomic mass is 10.2. The van der Waals surface area contributed by atoms with E-state index in [9.17, 15) is 9.90 Å². The number of benzene rings is 2. The molecule has 0 heterocycles. The number of carbonyl (C=O) groups is 1. The smallest absolute Gasteiger partial charge is 0.262 e. The van der Waals surface area contributed by atoms with E-state index in [1.807, 2.05) is 37.3 Å². The second kappa shape index (κ2) is 8.33. The summed E-state index contributed by atoms with van der Waals surface area (Å²) in [4.78, 5) is 12.2. The van der Waals surface area contributed by atoms with Gasteiger partial charge in [-0.15, -0.1) is 0 Å². The highest BCUT2D eigenvalue weighted by Crippen LogP contribution is 2.19. The molecule has 0 aromatic heterocycles. The number of rotatable bonds is 6. The first-order valence-corrected chi connectivity index (χ1v) is 8.02. The molecule has 0 fully saturated rings. The maximum absolute atomic E-state index is 12.2. The van der Waals surface area contributed by atoms with E-state index in [1.165, 1.54) is 6.21 Å². The van der Waals surface area contributed by atoms with E-state index in [-0.39, 0.29) is 17.7 Å². The largest absolute Gasteiger partial charge is 0.507 e. The van der Waals surface area contributed by atoms with Crippen LogP contribution in [0.5, 0.6) is 5.75 Å². The van der Waals surface area contributed by atoms with Crippen molar-refractivity contribution in [2.45, 2.75) is 19.4 Å². The number of halogens is 1. The Balaban J connectivity index is 1.97. The highest BCUT2D eigenvalue weighted by Gasteiger charge is 2.15. The number of hydrazone groups is 1. The van der Waals surface area contributed by atoms with E-state index in [1.54, 1.807) is 18.2 Å². The van der Waals surface area contributed by atoms with Crippen molar-refractivity contribution in [3.8, 4) is 5.75 Å². The lowest BCUT2D eigenvalue weighted by Crippen LogP contribution is -2.36. The quantitative estimate of drug-likeness (QED) is 0.534. The molecule has 6 heteroatoms. The summed E-state index contributed by atoms with van der Waals surface area (Å²) in [5.41, 5.74) is 3.89. The molecule has 0 unspecified atom stereocenters. The normalized spacial score (nSPS) is 12.1. The summed E-state index contributed by atoms with van der Waals surface area (Å²) in [6.07, 6.45) is 2.03. The van der Waals surface area contributed by atoms with Crippen LogP contribution in [0.2, 0.25) is 0 Å². The zero-order valence-corrected chi connectivity index (χ0v) is 14.2. The van der Waals surface area contributed by atoms with Crippen molar-refractivity contribution in [1.82, 2.24) is 5.43 Å². The fourth-order valence-electron chi connectivity index (χ4n) is 1.96. The molecule has 5 nitrogen and oxygen atoms in total. The Morgan fingerprint density at radius 3 is 2.74 bits per heavy atom. The summed E-state index contributed by atoms with van der Waals surface area (Å²) in [6.45, 7) is 1.92. The molecule has 0 saturated heterocycles. The van der Waals surface area contributed by atoms with Gasteiger partial charge < -0.3 is 10.4 Å².